The maximum absolute atomic E-state index is 12.2. The summed E-state index contributed by atoms with van der Waals surface area (Å²) in [4.78, 5) is 14.5. The number of benzene rings is 1. The van der Waals surface area contributed by atoms with Crippen molar-refractivity contribution in [3.8, 4) is 0 Å². The molecule has 1 aromatic rings. The molecule has 0 atom stereocenters. The molecule has 0 aromatic heterocycles. The van der Waals surface area contributed by atoms with E-state index < -0.39 is 0 Å². The number of anilines is 2. The smallest absolute Gasteiger partial charge is 0.224 e. The molecule has 0 spiro atoms. The molecule has 0 fully saturated rings. The monoisotopic (exact) mass is 430 g/mol. The van der Waals surface area contributed by atoms with E-state index in [2.05, 4.69) is 43.1 Å². The predicted octanol–water partition coefficient (Wildman–Crippen LogP) is 8.73. The van der Waals surface area contributed by atoms with Crippen LogP contribution in [-0.4, -0.2) is 19.0 Å². The van der Waals surface area contributed by atoms with E-state index in [-0.39, 0.29) is 5.91 Å². The summed E-state index contributed by atoms with van der Waals surface area (Å²) in [6.45, 7) is 8.61. The van der Waals surface area contributed by atoms with Gasteiger partial charge in [0, 0.05) is 30.9 Å². The first kappa shape index (κ1) is 27.5. The molecule has 0 heterocycles. The van der Waals surface area contributed by atoms with E-state index in [1.807, 2.05) is 12.1 Å². The molecule has 0 bridgehead atoms. The third-order valence-electron chi connectivity index (χ3n) is 6.29. The number of unbranched alkanes of at least 4 members (excludes halogenated alkanes) is 14. The largest absolute Gasteiger partial charge is 0.372 e. The molecule has 1 N–H and O–H groups in total. The van der Waals surface area contributed by atoms with Crippen LogP contribution in [0, 0.1) is 0 Å². The van der Waals surface area contributed by atoms with E-state index in [0.29, 0.717) is 6.42 Å². The Balaban J connectivity index is 1.93. The molecule has 1 aromatic carbocycles. The Morgan fingerprint density at radius 3 is 1.48 bits per heavy atom. The Bertz CT molecular complexity index is 536. The third-order valence-corrected chi connectivity index (χ3v) is 6.29. The van der Waals surface area contributed by atoms with Crippen LogP contribution < -0.4 is 10.2 Å². The third kappa shape index (κ3) is 14.2. The number of rotatable bonds is 20. The van der Waals surface area contributed by atoms with Gasteiger partial charge in [-0.3, -0.25) is 4.79 Å². The van der Waals surface area contributed by atoms with Crippen molar-refractivity contribution in [2.24, 2.45) is 0 Å². The molecule has 31 heavy (non-hydrogen) atoms. The molecular formula is C28H50N2O. The van der Waals surface area contributed by atoms with Gasteiger partial charge in [0.1, 0.15) is 0 Å². The van der Waals surface area contributed by atoms with Gasteiger partial charge < -0.3 is 10.2 Å². The maximum atomic E-state index is 12.2. The SMILES string of the molecule is CCCCCCCCCCCCCCCCCC(=O)Nc1ccc(N(CC)CC)cc1. The van der Waals surface area contributed by atoms with Crippen molar-refractivity contribution in [1.29, 1.82) is 0 Å². The Hall–Kier alpha value is -1.51. The molecule has 0 aliphatic carbocycles. The van der Waals surface area contributed by atoms with Gasteiger partial charge in [-0.1, -0.05) is 96.8 Å². The van der Waals surface area contributed by atoms with Crippen LogP contribution in [0.4, 0.5) is 11.4 Å². The summed E-state index contributed by atoms with van der Waals surface area (Å²) in [6, 6.07) is 8.21. The predicted molar refractivity (Wildman–Crippen MR) is 138 cm³/mol. The zero-order valence-corrected chi connectivity index (χ0v) is 20.9. The minimum atomic E-state index is 0.144. The highest BCUT2D eigenvalue weighted by Gasteiger charge is 2.04. The first-order chi connectivity index (χ1) is 15.2. The minimum absolute atomic E-state index is 0.144. The average molecular weight is 431 g/mol. The highest BCUT2D eigenvalue weighted by atomic mass is 16.1. The van der Waals surface area contributed by atoms with E-state index in [0.717, 1.165) is 25.2 Å². The minimum Gasteiger partial charge on any atom is -0.372 e. The summed E-state index contributed by atoms with van der Waals surface area (Å²) < 4.78 is 0. The van der Waals surface area contributed by atoms with E-state index >= 15 is 0 Å². The second-order valence-corrected chi connectivity index (χ2v) is 8.97. The topological polar surface area (TPSA) is 32.3 Å². The Morgan fingerprint density at radius 1 is 0.645 bits per heavy atom. The number of nitrogens with one attached hydrogen (secondary N) is 1. The van der Waals surface area contributed by atoms with Crippen LogP contribution in [0.15, 0.2) is 24.3 Å². The molecule has 178 valence electrons. The summed E-state index contributed by atoms with van der Waals surface area (Å²) in [5.41, 5.74) is 2.12. The number of carbonyl (C=O) groups excluding carboxylic acids is 1. The first-order valence-corrected chi connectivity index (χ1v) is 13.4. The molecule has 3 nitrogen and oxygen atoms in total. The highest BCUT2D eigenvalue weighted by Crippen LogP contribution is 2.18. The standard InChI is InChI=1S/C28H50N2O/c1-4-7-8-9-10-11-12-13-14-15-16-17-18-19-20-21-28(31)29-26-22-24-27(25-23-26)30(5-2)6-3/h22-25H,4-21H2,1-3H3,(H,29,31). The van der Waals surface area contributed by atoms with Gasteiger partial charge in [0.2, 0.25) is 5.91 Å². The van der Waals surface area contributed by atoms with Gasteiger partial charge in [0.05, 0.1) is 0 Å². The van der Waals surface area contributed by atoms with Gasteiger partial charge in [-0.05, 0) is 44.5 Å². The quantitative estimate of drug-likeness (QED) is 0.210. The summed E-state index contributed by atoms with van der Waals surface area (Å²) >= 11 is 0. The second-order valence-electron chi connectivity index (χ2n) is 8.97. The van der Waals surface area contributed by atoms with Crippen molar-refractivity contribution >= 4 is 17.3 Å². The van der Waals surface area contributed by atoms with Crippen molar-refractivity contribution in [2.75, 3.05) is 23.3 Å². The lowest BCUT2D eigenvalue weighted by Gasteiger charge is -2.21. The summed E-state index contributed by atoms with van der Waals surface area (Å²) in [7, 11) is 0. The summed E-state index contributed by atoms with van der Waals surface area (Å²) in [5, 5.41) is 3.04. The fraction of sp³-hybridized carbons (Fsp3) is 0.750. The Kier molecular flexibility index (Phi) is 17.0. The summed E-state index contributed by atoms with van der Waals surface area (Å²) in [5.74, 6) is 0.144. The lowest BCUT2D eigenvalue weighted by Crippen LogP contribution is -2.21. The fourth-order valence-corrected chi connectivity index (χ4v) is 4.22. The van der Waals surface area contributed by atoms with E-state index in [1.54, 1.807) is 0 Å². The van der Waals surface area contributed by atoms with Crippen molar-refractivity contribution in [3.05, 3.63) is 24.3 Å². The molecule has 0 aliphatic rings. The molecular weight excluding hydrogens is 380 g/mol. The van der Waals surface area contributed by atoms with Crippen LogP contribution in [0.2, 0.25) is 0 Å². The molecule has 0 aliphatic heterocycles. The van der Waals surface area contributed by atoms with Gasteiger partial charge >= 0.3 is 0 Å². The van der Waals surface area contributed by atoms with Crippen molar-refractivity contribution in [2.45, 2.75) is 124 Å². The zero-order chi connectivity index (χ0) is 22.6. The molecule has 1 rings (SSSR count). The number of hydrogen-bond acceptors (Lipinski definition) is 2. The Labute approximate surface area is 193 Å². The molecule has 0 saturated heterocycles. The van der Waals surface area contributed by atoms with Gasteiger partial charge in [-0.25, -0.2) is 0 Å². The maximum Gasteiger partial charge on any atom is 0.224 e. The number of carbonyl (C=O) groups is 1. The van der Waals surface area contributed by atoms with E-state index in [9.17, 15) is 4.79 Å². The van der Waals surface area contributed by atoms with Crippen molar-refractivity contribution in [3.63, 3.8) is 0 Å². The zero-order valence-electron chi connectivity index (χ0n) is 20.9. The van der Waals surface area contributed by atoms with Gasteiger partial charge in [-0.2, -0.15) is 0 Å². The molecule has 0 unspecified atom stereocenters. The van der Waals surface area contributed by atoms with Crippen molar-refractivity contribution in [1.82, 2.24) is 0 Å². The van der Waals surface area contributed by atoms with Gasteiger partial charge in [0.15, 0.2) is 0 Å². The lowest BCUT2D eigenvalue weighted by molar-refractivity contribution is -0.116. The fourth-order valence-electron chi connectivity index (χ4n) is 4.22. The van der Waals surface area contributed by atoms with Crippen LogP contribution in [-0.2, 0) is 4.79 Å². The average Bonchev–Trinajstić information content (AvgIpc) is 2.78. The molecule has 0 saturated carbocycles. The van der Waals surface area contributed by atoms with Crippen molar-refractivity contribution < 1.29 is 4.79 Å². The van der Waals surface area contributed by atoms with Crippen LogP contribution in [0.3, 0.4) is 0 Å². The Morgan fingerprint density at radius 2 is 1.06 bits per heavy atom. The lowest BCUT2D eigenvalue weighted by atomic mass is 10.0. The number of hydrogen-bond donors (Lipinski definition) is 1. The normalized spacial score (nSPS) is 10.9. The van der Waals surface area contributed by atoms with Gasteiger partial charge in [-0.15, -0.1) is 0 Å². The second kappa shape index (κ2) is 19.2. The molecule has 1 amide bonds. The van der Waals surface area contributed by atoms with E-state index in [1.165, 1.54) is 95.6 Å². The number of amides is 1. The summed E-state index contributed by atoms with van der Waals surface area (Å²) in [6.07, 6.45) is 20.9. The van der Waals surface area contributed by atoms with Crippen LogP contribution in [0.25, 0.3) is 0 Å². The van der Waals surface area contributed by atoms with Crippen LogP contribution >= 0.6 is 0 Å². The van der Waals surface area contributed by atoms with Gasteiger partial charge in [0.25, 0.3) is 0 Å². The van der Waals surface area contributed by atoms with E-state index in [4.69, 9.17) is 0 Å². The van der Waals surface area contributed by atoms with Crippen LogP contribution in [0.1, 0.15) is 124 Å². The molecule has 0 radical (unpaired) electrons. The number of nitrogens with zero attached hydrogens (tertiary/aromatic N) is 1. The van der Waals surface area contributed by atoms with Crippen LogP contribution in [0.5, 0.6) is 0 Å². The highest BCUT2D eigenvalue weighted by molar-refractivity contribution is 5.90. The first-order valence-electron chi connectivity index (χ1n) is 13.4. The molecule has 3 heteroatoms.